The van der Waals surface area contributed by atoms with E-state index in [1.165, 1.54) is 0 Å². The van der Waals surface area contributed by atoms with Crippen LogP contribution in [0.2, 0.25) is 0 Å². The van der Waals surface area contributed by atoms with Gasteiger partial charge in [-0.1, -0.05) is 0 Å². The third-order valence-electron chi connectivity index (χ3n) is 2.92. The lowest BCUT2D eigenvalue weighted by Gasteiger charge is -2.45. The molecule has 2 fully saturated rings. The van der Waals surface area contributed by atoms with Crippen molar-refractivity contribution >= 4 is 12.4 Å². The first kappa shape index (κ1) is 10.3. The minimum atomic E-state index is 0. The number of rotatable bonds is 0. The van der Waals surface area contributed by atoms with Gasteiger partial charge >= 0.3 is 0 Å². The summed E-state index contributed by atoms with van der Waals surface area (Å²) in [5.74, 6) is 0. The number of ether oxygens (including phenoxy) is 1. The standard InChI is InChI=1S/C8H16N2O.ClH/c1-10-7-2-6(9)3-8(10)5-11-4-7;/h6-8H,2-5,9H2,1H3;1H/t6?,7-,8+;. The van der Waals surface area contributed by atoms with Gasteiger partial charge in [-0.15, -0.1) is 12.4 Å². The van der Waals surface area contributed by atoms with Gasteiger partial charge in [-0.05, 0) is 19.9 Å². The van der Waals surface area contributed by atoms with E-state index < -0.39 is 0 Å². The third kappa shape index (κ3) is 1.74. The van der Waals surface area contributed by atoms with Crippen LogP contribution in [-0.2, 0) is 4.74 Å². The van der Waals surface area contributed by atoms with E-state index in [-0.39, 0.29) is 12.4 Å². The van der Waals surface area contributed by atoms with Gasteiger partial charge in [0.25, 0.3) is 0 Å². The monoisotopic (exact) mass is 192 g/mol. The second-order valence-corrected chi connectivity index (χ2v) is 3.74. The molecule has 0 aromatic carbocycles. The Morgan fingerprint density at radius 2 is 1.75 bits per heavy atom. The van der Waals surface area contributed by atoms with Gasteiger partial charge in [-0.3, -0.25) is 4.90 Å². The average Bonchev–Trinajstić information content (AvgIpc) is 1.92. The van der Waals surface area contributed by atoms with E-state index in [4.69, 9.17) is 10.5 Å². The summed E-state index contributed by atoms with van der Waals surface area (Å²) in [6, 6.07) is 1.57. The molecule has 0 saturated carbocycles. The lowest BCUT2D eigenvalue weighted by molar-refractivity contribution is -0.0644. The van der Waals surface area contributed by atoms with Crippen LogP contribution in [0.15, 0.2) is 0 Å². The van der Waals surface area contributed by atoms with Crippen LogP contribution in [0, 0.1) is 0 Å². The fourth-order valence-electron chi connectivity index (χ4n) is 2.14. The molecule has 0 radical (unpaired) electrons. The average molecular weight is 193 g/mol. The zero-order chi connectivity index (χ0) is 7.84. The van der Waals surface area contributed by atoms with Gasteiger partial charge in [-0.25, -0.2) is 0 Å². The molecular formula is C8H17ClN2O. The molecule has 72 valence electrons. The molecule has 0 aromatic heterocycles. The van der Waals surface area contributed by atoms with Crippen molar-refractivity contribution in [3.8, 4) is 0 Å². The highest BCUT2D eigenvalue weighted by Gasteiger charge is 2.34. The summed E-state index contributed by atoms with van der Waals surface area (Å²) in [5, 5.41) is 0. The number of nitrogens with two attached hydrogens (primary N) is 1. The Morgan fingerprint density at radius 1 is 1.25 bits per heavy atom. The summed E-state index contributed by atoms with van der Waals surface area (Å²) in [5.41, 5.74) is 5.90. The van der Waals surface area contributed by atoms with E-state index in [2.05, 4.69) is 11.9 Å². The largest absolute Gasteiger partial charge is 0.378 e. The summed E-state index contributed by atoms with van der Waals surface area (Å²) in [6.45, 7) is 1.75. The van der Waals surface area contributed by atoms with Crippen molar-refractivity contribution in [2.45, 2.75) is 31.0 Å². The summed E-state index contributed by atoms with van der Waals surface area (Å²) >= 11 is 0. The lowest BCUT2D eigenvalue weighted by Crippen LogP contribution is -2.57. The van der Waals surface area contributed by atoms with Crippen LogP contribution in [0.25, 0.3) is 0 Å². The zero-order valence-corrected chi connectivity index (χ0v) is 8.22. The molecule has 0 aliphatic carbocycles. The van der Waals surface area contributed by atoms with Crippen LogP contribution in [0.4, 0.5) is 0 Å². The molecule has 2 aliphatic heterocycles. The number of hydrogen-bond acceptors (Lipinski definition) is 3. The Labute approximate surface area is 79.6 Å². The normalized spacial score (nSPS) is 42.0. The molecule has 1 unspecified atom stereocenters. The molecule has 2 rings (SSSR count). The Hall–Kier alpha value is 0.170. The number of halogens is 1. The topological polar surface area (TPSA) is 38.5 Å². The summed E-state index contributed by atoms with van der Waals surface area (Å²) in [4.78, 5) is 2.42. The Bertz CT molecular complexity index is 142. The van der Waals surface area contributed by atoms with Crippen LogP contribution in [0.5, 0.6) is 0 Å². The molecule has 2 heterocycles. The third-order valence-corrected chi connectivity index (χ3v) is 2.92. The zero-order valence-electron chi connectivity index (χ0n) is 7.40. The summed E-state index contributed by atoms with van der Waals surface area (Å²) in [6.07, 6.45) is 2.21. The first-order chi connectivity index (χ1) is 5.27. The van der Waals surface area contributed by atoms with Crippen LogP contribution >= 0.6 is 12.4 Å². The Morgan fingerprint density at radius 3 is 2.25 bits per heavy atom. The Balaban J connectivity index is 0.000000720. The van der Waals surface area contributed by atoms with Crippen molar-refractivity contribution in [3.63, 3.8) is 0 Å². The molecule has 2 aliphatic rings. The highest BCUT2D eigenvalue weighted by atomic mass is 35.5. The molecule has 3 nitrogen and oxygen atoms in total. The molecule has 0 spiro atoms. The molecular weight excluding hydrogens is 176 g/mol. The molecule has 0 aromatic rings. The summed E-state index contributed by atoms with van der Waals surface area (Å²) < 4.78 is 5.46. The number of morpholine rings is 1. The number of piperidine rings is 1. The number of nitrogens with zero attached hydrogens (tertiary/aromatic N) is 1. The van der Waals surface area contributed by atoms with E-state index >= 15 is 0 Å². The molecule has 2 bridgehead atoms. The van der Waals surface area contributed by atoms with Crippen molar-refractivity contribution in [3.05, 3.63) is 0 Å². The van der Waals surface area contributed by atoms with E-state index in [1.807, 2.05) is 0 Å². The minimum absolute atomic E-state index is 0. The predicted octanol–water partition coefficient (Wildman–Crippen LogP) is 0.228. The highest BCUT2D eigenvalue weighted by molar-refractivity contribution is 5.85. The Kier molecular flexibility index (Phi) is 3.35. The van der Waals surface area contributed by atoms with Gasteiger partial charge in [0.15, 0.2) is 0 Å². The maximum atomic E-state index is 5.90. The van der Waals surface area contributed by atoms with E-state index in [1.54, 1.807) is 0 Å². The van der Waals surface area contributed by atoms with Crippen LogP contribution < -0.4 is 5.73 Å². The fourth-order valence-corrected chi connectivity index (χ4v) is 2.14. The van der Waals surface area contributed by atoms with Crippen molar-refractivity contribution in [2.24, 2.45) is 5.73 Å². The second-order valence-electron chi connectivity index (χ2n) is 3.74. The van der Waals surface area contributed by atoms with Gasteiger partial charge in [-0.2, -0.15) is 0 Å². The van der Waals surface area contributed by atoms with Gasteiger partial charge in [0, 0.05) is 18.1 Å². The van der Waals surface area contributed by atoms with Crippen molar-refractivity contribution in [1.82, 2.24) is 4.90 Å². The molecule has 0 amide bonds. The summed E-state index contributed by atoms with van der Waals surface area (Å²) in [7, 11) is 2.18. The van der Waals surface area contributed by atoms with Gasteiger partial charge < -0.3 is 10.5 Å². The second kappa shape index (κ2) is 3.92. The minimum Gasteiger partial charge on any atom is -0.378 e. The van der Waals surface area contributed by atoms with E-state index in [0.717, 1.165) is 26.1 Å². The molecule has 2 saturated heterocycles. The van der Waals surface area contributed by atoms with Crippen molar-refractivity contribution < 1.29 is 4.74 Å². The molecule has 4 heteroatoms. The maximum absolute atomic E-state index is 5.90. The number of likely N-dealkylation sites (N-methyl/N-ethyl adjacent to an activating group) is 1. The molecule has 2 N–H and O–H groups in total. The first-order valence-corrected chi connectivity index (χ1v) is 4.32. The fraction of sp³-hybridized carbons (Fsp3) is 1.00. The van der Waals surface area contributed by atoms with Gasteiger partial charge in [0.05, 0.1) is 13.2 Å². The number of hydrogen-bond donors (Lipinski definition) is 1. The lowest BCUT2D eigenvalue weighted by atomic mass is 9.91. The van der Waals surface area contributed by atoms with Crippen LogP contribution in [-0.4, -0.2) is 43.3 Å². The maximum Gasteiger partial charge on any atom is 0.0623 e. The van der Waals surface area contributed by atoms with Crippen LogP contribution in [0.3, 0.4) is 0 Å². The molecule has 3 atom stereocenters. The van der Waals surface area contributed by atoms with Crippen molar-refractivity contribution in [1.29, 1.82) is 0 Å². The van der Waals surface area contributed by atoms with Gasteiger partial charge in [0.2, 0.25) is 0 Å². The quantitative estimate of drug-likeness (QED) is 0.597. The highest BCUT2D eigenvalue weighted by Crippen LogP contribution is 2.24. The molecule has 12 heavy (non-hydrogen) atoms. The van der Waals surface area contributed by atoms with E-state index in [9.17, 15) is 0 Å². The first-order valence-electron chi connectivity index (χ1n) is 4.32. The van der Waals surface area contributed by atoms with Crippen LogP contribution in [0.1, 0.15) is 12.8 Å². The number of fused-ring (bicyclic) bond motifs is 2. The predicted molar refractivity (Wildman–Crippen MR) is 50.6 cm³/mol. The van der Waals surface area contributed by atoms with E-state index in [0.29, 0.717) is 18.1 Å². The SMILES string of the molecule is CN1[C@@H]2COC[C@H]1CC(N)C2.Cl. The smallest absolute Gasteiger partial charge is 0.0623 e. The van der Waals surface area contributed by atoms with Crippen molar-refractivity contribution in [2.75, 3.05) is 20.3 Å². The van der Waals surface area contributed by atoms with Gasteiger partial charge in [0.1, 0.15) is 0 Å².